The summed E-state index contributed by atoms with van der Waals surface area (Å²) in [5.41, 5.74) is 5.31. The van der Waals surface area contributed by atoms with Gasteiger partial charge in [0.15, 0.2) is 5.82 Å². The van der Waals surface area contributed by atoms with Gasteiger partial charge in [0.25, 0.3) is 0 Å². The molecule has 4 rings (SSSR count). The molecule has 1 aromatic heterocycles. The molecule has 0 unspecified atom stereocenters. The highest BCUT2D eigenvalue weighted by atomic mass is 16.5. The number of anilines is 4. The largest absolute Gasteiger partial charge is 0.497 e. The van der Waals surface area contributed by atoms with E-state index in [-0.39, 0.29) is 0 Å². The number of ether oxygens (including phenoxy) is 2. The normalized spacial score (nSPS) is 16.7. The molecule has 1 fully saturated rings. The summed E-state index contributed by atoms with van der Waals surface area (Å²) in [6.07, 6.45) is 0. The molecule has 132 valence electrons. The van der Waals surface area contributed by atoms with Crippen molar-refractivity contribution in [3.05, 3.63) is 29.8 Å². The van der Waals surface area contributed by atoms with E-state index in [2.05, 4.69) is 20.6 Å². The molecule has 2 aliphatic heterocycles. The van der Waals surface area contributed by atoms with E-state index >= 15 is 0 Å². The molecule has 2 aromatic rings. The van der Waals surface area contributed by atoms with Gasteiger partial charge in [0.2, 0.25) is 5.95 Å². The van der Waals surface area contributed by atoms with Crippen molar-refractivity contribution in [2.75, 3.05) is 55.7 Å². The molecular weight excluding hydrogens is 320 g/mol. The number of benzene rings is 1. The number of hydrazine groups is 1. The second-order valence-electron chi connectivity index (χ2n) is 6.02. The maximum Gasteiger partial charge on any atom is 0.231 e. The molecule has 0 spiro atoms. The predicted molar refractivity (Wildman–Crippen MR) is 96.6 cm³/mol. The van der Waals surface area contributed by atoms with Crippen molar-refractivity contribution in [2.45, 2.75) is 6.54 Å². The van der Waals surface area contributed by atoms with Crippen LogP contribution in [0.5, 0.6) is 5.75 Å². The molecular formula is C17H22N6O2. The van der Waals surface area contributed by atoms with Gasteiger partial charge in [-0.25, -0.2) is 5.43 Å². The molecule has 0 aliphatic carbocycles. The van der Waals surface area contributed by atoms with Crippen LogP contribution in [-0.2, 0) is 11.3 Å². The average molecular weight is 342 g/mol. The van der Waals surface area contributed by atoms with Crippen molar-refractivity contribution in [1.82, 2.24) is 15.4 Å². The fourth-order valence-electron chi connectivity index (χ4n) is 3.09. The first-order valence-electron chi connectivity index (χ1n) is 8.36. The first-order valence-corrected chi connectivity index (χ1v) is 8.36. The van der Waals surface area contributed by atoms with Crippen molar-refractivity contribution in [3.63, 3.8) is 0 Å². The lowest BCUT2D eigenvalue weighted by Crippen LogP contribution is -2.37. The number of rotatable bonds is 4. The van der Waals surface area contributed by atoms with Gasteiger partial charge in [0.05, 0.1) is 25.9 Å². The number of hydrogen-bond acceptors (Lipinski definition) is 8. The van der Waals surface area contributed by atoms with Crippen LogP contribution in [0.25, 0.3) is 0 Å². The summed E-state index contributed by atoms with van der Waals surface area (Å²) < 4.78 is 10.8. The predicted octanol–water partition coefficient (Wildman–Crippen LogP) is 1.52. The summed E-state index contributed by atoms with van der Waals surface area (Å²) in [5, 5.41) is 5.24. The van der Waals surface area contributed by atoms with Crippen LogP contribution in [0.4, 0.5) is 23.3 Å². The second kappa shape index (κ2) is 6.73. The van der Waals surface area contributed by atoms with Crippen LogP contribution < -0.4 is 25.4 Å². The van der Waals surface area contributed by atoms with E-state index in [0.29, 0.717) is 5.95 Å². The second-order valence-corrected chi connectivity index (χ2v) is 6.02. The van der Waals surface area contributed by atoms with Gasteiger partial charge in [-0.15, -0.1) is 0 Å². The molecule has 0 radical (unpaired) electrons. The molecule has 0 bridgehead atoms. The van der Waals surface area contributed by atoms with Crippen LogP contribution >= 0.6 is 0 Å². The number of nitrogens with one attached hydrogen (secondary N) is 2. The van der Waals surface area contributed by atoms with Gasteiger partial charge in [0.1, 0.15) is 11.6 Å². The Morgan fingerprint density at radius 2 is 2.00 bits per heavy atom. The molecule has 0 saturated carbocycles. The Morgan fingerprint density at radius 1 is 1.20 bits per heavy atom. The first kappa shape index (κ1) is 15.9. The maximum atomic E-state index is 5.47. The van der Waals surface area contributed by atoms with Crippen molar-refractivity contribution < 1.29 is 9.47 Å². The molecule has 0 atom stereocenters. The van der Waals surface area contributed by atoms with Gasteiger partial charge in [-0.2, -0.15) is 9.97 Å². The minimum Gasteiger partial charge on any atom is -0.497 e. The van der Waals surface area contributed by atoms with E-state index in [1.807, 2.05) is 36.3 Å². The number of aromatic nitrogens is 2. The minimum absolute atomic E-state index is 0.573. The highest BCUT2D eigenvalue weighted by molar-refractivity contribution is 5.67. The van der Waals surface area contributed by atoms with Gasteiger partial charge < -0.3 is 19.7 Å². The molecule has 2 aliphatic rings. The van der Waals surface area contributed by atoms with Gasteiger partial charge in [-0.3, -0.25) is 5.01 Å². The molecule has 1 saturated heterocycles. The van der Waals surface area contributed by atoms with Crippen LogP contribution in [0.1, 0.15) is 5.56 Å². The Kier molecular flexibility index (Phi) is 4.29. The molecule has 8 heteroatoms. The topological polar surface area (TPSA) is 74.8 Å². The summed E-state index contributed by atoms with van der Waals surface area (Å²) in [6, 6.07) is 7.74. The highest BCUT2D eigenvalue weighted by Crippen LogP contribution is 2.32. The highest BCUT2D eigenvalue weighted by Gasteiger charge is 2.27. The maximum absolute atomic E-state index is 5.47. The van der Waals surface area contributed by atoms with E-state index in [0.717, 1.165) is 61.5 Å². The quantitative estimate of drug-likeness (QED) is 0.866. The summed E-state index contributed by atoms with van der Waals surface area (Å²) in [6.45, 7) is 3.86. The Morgan fingerprint density at radius 3 is 2.80 bits per heavy atom. The standard InChI is InChI=1S/C17H22N6O2/c1-22-15-14(11-18-22)16(23-6-8-25-9-7-23)21-17(20-15)19-12-4-3-5-13(10-12)24-2/h3-5,10,18H,6-9,11H2,1-2H3,(H,19,20,21). The SMILES string of the molecule is COc1cccc(Nc2nc(N3CCOCC3)c3c(n2)N(C)NC3)c1. The fourth-order valence-corrected chi connectivity index (χ4v) is 3.09. The van der Waals surface area contributed by atoms with E-state index in [4.69, 9.17) is 14.5 Å². The average Bonchev–Trinajstić information content (AvgIpc) is 3.03. The molecule has 0 amide bonds. The minimum atomic E-state index is 0.573. The zero-order valence-electron chi connectivity index (χ0n) is 14.5. The Balaban J connectivity index is 1.69. The third-order valence-corrected chi connectivity index (χ3v) is 4.41. The van der Waals surface area contributed by atoms with Crippen molar-refractivity contribution in [3.8, 4) is 5.75 Å². The zero-order chi connectivity index (χ0) is 17.2. The number of fused-ring (bicyclic) bond motifs is 1. The monoisotopic (exact) mass is 342 g/mol. The van der Waals surface area contributed by atoms with E-state index in [1.54, 1.807) is 7.11 Å². The molecule has 25 heavy (non-hydrogen) atoms. The number of hydrogen-bond donors (Lipinski definition) is 2. The lowest BCUT2D eigenvalue weighted by molar-refractivity contribution is 0.122. The summed E-state index contributed by atoms with van der Waals surface area (Å²) in [4.78, 5) is 11.7. The molecule has 1 aromatic carbocycles. The summed E-state index contributed by atoms with van der Waals surface area (Å²) in [7, 11) is 3.62. The summed E-state index contributed by atoms with van der Waals surface area (Å²) in [5.74, 6) is 3.24. The van der Waals surface area contributed by atoms with Crippen LogP contribution in [0.15, 0.2) is 24.3 Å². The number of nitrogens with zero attached hydrogens (tertiary/aromatic N) is 4. The van der Waals surface area contributed by atoms with E-state index in [1.165, 1.54) is 0 Å². The third-order valence-electron chi connectivity index (χ3n) is 4.41. The van der Waals surface area contributed by atoms with Gasteiger partial charge in [-0.1, -0.05) is 6.07 Å². The van der Waals surface area contributed by atoms with Gasteiger partial charge in [-0.05, 0) is 12.1 Å². The van der Waals surface area contributed by atoms with Gasteiger partial charge in [0, 0.05) is 38.4 Å². The van der Waals surface area contributed by atoms with Crippen LogP contribution in [0, 0.1) is 0 Å². The Labute approximate surface area is 146 Å². The van der Waals surface area contributed by atoms with Gasteiger partial charge >= 0.3 is 0 Å². The third kappa shape index (κ3) is 3.18. The molecule has 2 N–H and O–H groups in total. The Bertz CT molecular complexity index is 763. The Hall–Kier alpha value is -2.58. The smallest absolute Gasteiger partial charge is 0.231 e. The van der Waals surface area contributed by atoms with E-state index in [9.17, 15) is 0 Å². The molecule has 8 nitrogen and oxygen atoms in total. The van der Waals surface area contributed by atoms with E-state index < -0.39 is 0 Å². The van der Waals surface area contributed by atoms with Crippen LogP contribution in [0.3, 0.4) is 0 Å². The van der Waals surface area contributed by atoms with Crippen LogP contribution in [0.2, 0.25) is 0 Å². The lowest BCUT2D eigenvalue weighted by atomic mass is 10.2. The number of morpholine rings is 1. The molecule has 3 heterocycles. The van der Waals surface area contributed by atoms with Crippen molar-refractivity contribution in [2.24, 2.45) is 0 Å². The van der Waals surface area contributed by atoms with Crippen LogP contribution in [-0.4, -0.2) is 50.4 Å². The first-order chi connectivity index (χ1) is 12.2. The van der Waals surface area contributed by atoms with Crippen molar-refractivity contribution >= 4 is 23.3 Å². The zero-order valence-corrected chi connectivity index (χ0v) is 14.5. The van der Waals surface area contributed by atoms with Crippen molar-refractivity contribution in [1.29, 1.82) is 0 Å². The lowest BCUT2D eigenvalue weighted by Gasteiger charge is -2.29. The fraction of sp³-hybridized carbons (Fsp3) is 0.412. The number of methoxy groups -OCH3 is 1. The summed E-state index contributed by atoms with van der Waals surface area (Å²) >= 11 is 0.